The van der Waals surface area contributed by atoms with Gasteiger partial charge in [-0.3, -0.25) is 4.79 Å². The molecule has 3 nitrogen and oxygen atoms in total. The van der Waals surface area contributed by atoms with Gasteiger partial charge in [0, 0.05) is 16.1 Å². The number of hydrogen-bond acceptors (Lipinski definition) is 3. The summed E-state index contributed by atoms with van der Waals surface area (Å²) in [6.07, 6.45) is 0. The topological polar surface area (TPSA) is 55.1 Å². The lowest BCUT2D eigenvalue weighted by atomic mass is 10.1. The molecule has 1 aromatic carbocycles. The number of thioether (sulfide) groups is 1. The van der Waals surface area contributed by atoms with Crippen LogP contribution in [0.25, 0.3) is 0 Å². The molecule has 1 atom stereocenters. The van der Waals surface area contributed by atoms with Gasteiger partial charge < -0.3 is 11.1 Å². The van der Waals surface area contributed by atoms with Gasteiger partial charge in [-0.25, -0.2) is 0 Å². The standard InChI is InChI=1S/C13H19ClN2OS/c1-8(12(17)16-13(2,3)4)18-11-7-9(15)5-6-10(11)14/h5-8H,15H2,1-4H3,(H,16,17). The summed E-state index contributed by atoms with van der Waals surface area (Å²) in [5.41, 5.74) is 6.12. The number of nitrogen functional groups attached to an aromatic ring is 1. The van der Waals surface area contributed by atoms with Gasteiger partial charge in [0.2, 0.25) is 5.91 Å². The molecule has 0 aliphatic carbocycles. The van der Waals surface area contributed by atoms with E-state index in [-0.39, 0.29) is 16.7 Å². The van der Waals surface area contributed by atoms with Crippen LogP contribution in [0.5, 0.6) is 0 Å². The molecule has 100 valence electrons. The number of benzene rings is 1. The van der Waals surface area contributed by atoms with E-state index in [0.717, 1.165) is 4.90 Å². The first kappa shape index (κ1) is 15.2. The number of hydrogen-bond donors (Lipinski definition) is 2. The first-order valence-corrected chi connectivity index (χ1v) is 6.98. The van der Waals surface area contributed by atoms with Crippen molar-refractivity contribution in [3.63, 3.8) is 0 Å². The fourth-order valence-corrected chi connectivity index (χ4v) is 2.51. The summed E-state index contributed by atoms with van der Waals surface area (Å²) in [6, 6.07) is 5.27. The minimum Gasteiger partial charge on any atom is -0.399 e. The highest BCUT2D eigenvalue weighted by Crippen LogP contribution is 2.32. The number of carbonyl (C=O) groups excluding carboxylic acids is 1. The first-order chi connectivity index (χ1) is 8.19. The van der Waals surface area contributed by atoms with E-state index < -0.39 is 0 Å². The maximum Gasteiger partial charge on any atom is 0.233 e. The molecule has 0 radical (unpaired) electrons. The number of anilines is 1. The van der Waals surface area contributed by atoms with E-state index in [1.807, 2.05) is 27.7 Å². The van der Waals surface area contributed by atoms with Crippen LogP contribution in [0.3, 0.4) is 0 Å². The molecule has 18 heavy (non-hydrogen) atoms. The molecule has 0 saturated heterocycles. The van der Waals surface area contributed by atoms with E-state index in [2.05, 4.69) is 5.32 Å². The van der Waals surface area contributed by atoms with Crippen molar-refractivity contribution in [2.45, 2.75) is 43.4 Å². The van der Waals surface area contributed by atoms with Gasteiger partial charge in [-0.05, 0) is 45.9 Å². The average Bonchev–Trinajstić information content (AvgIpc) is 2.21. The van der Waals surface area contributed by atoms with Crippen molar-refractivity contribution < 1.29 is 4.79 Å². The van der Waals surface area contributed by atoms with Gasteiger partial charge >= 0.3 is 0 Å². The molecule has 0 fully saturated rings. The van der Waals surface area contributed by atoms with Crippen molar-refractivity contribution in [3.05, 3.63) is 23.2 Å². The normalized spacial score (nSPS) is 13.2. The summed E-state index contributed by atoms with van der Waals surface area (Å²) in [4.78, 5) is 12.8. The third kappa shape index (κ3) is 4.78. The highest BCUT2D eigenvalue weighted by Gasteiger charge is 2.20. The first-order valence-electron chi connectivity index (χ1n) is 5.73. The van der Waals surface area contributed by atoms with Gasteiger partial charge in [0.05, 0.1) is 10.3 Å². The van der Waals surface area contributed by atoms with Crippen LogP contribution < -0.4 is 11.1 Å². The zero-order valence-electron chi connectivity index (χ0n) is 11.1. The molecular formula is C13H19ClN2OS. The Hall–Kier alpha value is -0.870. The van der Waals surface area contributed by atoms with Gasteiger partial charge in [0.15, 0.2) is 0 Å². The number of nitrogens with one attached hydrogen (secondary N) is 1. The molecule has 0 aliphatic rings. The fraction of sp³-hybridized carbons (Fsp3) is 0.462. The van der Waals surface area contributed by atoms with Crippen molar-refractivity contribution in [1.82, 2.24) is 5.32 Å². The van der Waals surface area contributed by atoms with Crippen LogP contribution in [0, 0.1) is 0 Å². The van der Waals surface area contributed by atoms with Crippen LogP contribution in [-0.4, -0.2) is 16.7 Å². The van der Waals surface area contributed by atoms with E-state index in [1.54, 1.807) is 18.2 Å². The van der Waals surface area contributed by atoms with Crippen LogP contribution in [0.15, 0.2) is 23.1 Å². The lowest BCUT2D eigenvalue weighted by Gasteiger charge is -2.23. The predicted octanol–water partition coefficient (Wildman–Crippen LogP) is 3.32. The Morgan fingerprint density at radius 3 is 2.61 bits per heavy atom. The predicted molar refractivity (Wildman–Crippen MR) is 79.1 cm³/mol. The molecule has 0 aromatic heterocycles. The van der Waals surface area contributed by atoms with E-state index in [1.165, 1.54) is 11.8 Å². The second kappa shape index (κ2) is 5.85. The van der Waals surface area contributed by atoms with Crippen LogP contribution in [-0.2, 0) is 4.79 Å². The molecular weight excluding hydrogens is 268 g/mol. The average molecular weight is 287 g/mol. The molecule has 1 unspecified atom stereocenters. The zero-order chi connectivity index (χ0) is 13.9. The van der Waals surface area contributed by atoms with Gasteiger partial charge in [0.25, 0.3) is 0 Å². The van der Waals surface area contributed by atoms with Crippen LogP contribution in [0.2, 0.25) is 5.02 Å². The smallest absolute Gasteiger partial charge is 0.233 e. The Morgan fingerprint density at radius 1 is 1.44 bits per heavy atom. The third-order valence-corrected chi connectivity index (χ3v) is 3.73. The summed E-state index contributed by atoms with van der Waals surface area (Å²) in [5, 5.41) is 3.34. The monoisotopic (exact) mass is 286 g/mol. The molecule has 3 N–H and O–H groups in total. The number of halogens is 1. The molecule has 0 aliphatic heterocycles. The minimum absolute atomic E-state index is 0.00834. The Morgan fingerprint density at radius 2 is 2.06 bits per heavy atom. The second-order valence-corrected chi connectivity index (χ2v) is 6.98. The van der Waals surface area contributed by atoms with Crippen LogP contribution in [0.1, 0.15) is 27.7 Å². The third-order valence-electron chi connectivity index (χ3n) is 2.13. The summed E-state index contributed by atoms with van der Waals surface area (Å²) in [6.45, 7) is 7.71. The fourth-order valence-electron chi connectivity index (χ4n) is 1.33. The summed E-state index contributed by atoms with van der Waals surface area (Å²) in [7, 11) is 0. The summed E-state index contributed by atoms with van der Waals surface area (Å²) in [5.74, 6) is -0.00834. The van der Waals surface area contributed by atoms with Crippen molar-refractivity contribution in [1.29, 1.82) is 0 Å². The Bertz CT molecular complexity index is 443. The highest BCUT2D eigenvalue weighted by atomic mass is 35.5. The number of amides is 1. The quantitative estimate of drug-likeness (QED) is 0.662. The molecule has 1 amide bonds. The molecule has 0 heterocycles. The van der Waals surface area contributed by atoms with Crippen molar-refractivity contribution in [2.24, 2.45) is 0 Å². The van der Waals surface area contributed by atoms with Crippen LogP contribution in [0.4, 0.5) is 5.69 Å². The van der Waals surface area contributed by atoms with Crippen LogP contribution >= 0.6 is 23.4 Å². The molecule has 0 saturated carbocycles. The largest absolute Gasteiger partial charge is 0.399 e. The summed E-state index contributed by atoms with van der Waals surface area (Å²) >= 11 is 7.48. The van der Waals surface area contributed by atoms with Gasteiger partial charge in [-0.2, -0.15) is 0 Å². The highest BCUT2D eigenvalue weighted by molar-refractivity contribution is 8.00. The van der Waals surface area contributed by atoms with Gasteiger partial charge in [-0.1, -0.05) is 11.6 Å². The van der Waals surface area contributed by atoms with Gasteiger partial charge in [-0.15, -0.1) is 11.8 Å². The molecule has 5 heteroatoms. The minimum atomic E-state index is -0.231. The Kier molecular flexibility index (Phi) is 4.93. The van der Waals surface area contributed by atoms with Crippen molar-refractivity contribution in [2.75, 3.05) is 5.73 Å². The van der Waals surface area contributed by atoms with Crippen molar-refractivity contribution in [3.8, 4) is 0 Å². The van der Waals surface area contributed by atoms with E-state index in [9.17, 15) is 4.79 Å². The maximum absolute atomic E-state index is 12.0. The van der Waals surface area contributed by atoms with E-state index in [0.29, 0.717) is 10.7 Å². The zero-order valence-corrected chi connectivity index (χ0v) is 12.7. The molecule has 1 aromatic rings. The van der Waals surface area contributed by atoms with Crippen molar-refractivity contribution >= 4 is 35.0 Å². The number of carbonyl (C=O) groups is 1. The SMILES string of the molecule is CC(Sc1cc(N)ccc1Cl)C(=O)NC(C)(C)C. The summed E-state index contributed by atoms with van der Waals surface area (Å²) < 4.78 is 0. The Labute approximate surface area is 117 Å². The number of nitrogens with two attached hydrogens (primary N) is 1. The lowest BCUT2D eigenvalue weighted by Crippen LogP contribution is -2.44. The maximum atomic E-state index is 12.0. The number of rotatable bonds is 3. The van der Waals surface area contributed by atoms with E-state index >= 15 is 0 Å². The molecule has 1 rings (SSSR count). The Balaban J connectivity index is 2.72. The molecule has 0 spiro atoms. The van der Waals surface area contributed by atoms with Gasteiger partial charge in [0.1, 0.15) is 0 Å². The van der Waals surface area contributed by atoms with E-state index in [4.69, 9.17) is 17.3 Å². The molecule has 0 bridgehead atoms. The second-order valence-electron chi connectivity index (χ2n) is 5.19. The lowest BCUT2D eigenvalue weighted by molar-refractivity contribution is -0.121.